The summed E-state index contributed by atoms with van der Waals surface area (Å²) in [6, 6.07) is 18.4. The third-order valence-electron chi connectivity index (χ3n) is 3.21. The summed E-state index contributed by atoms with van der Waals surface area (Å²) in [6.45, 7) is 1.88. The van der Waals surface area contributed by atoms with Gasteiger partial charge in [-0.1, -0.05) is 30.3 Å². The molecule has 120 valence electrons. The predicted molar refractivity (Wildman–Crippen MR) is 94.0 cm³/mol. The Kier molecular flexibility index (Phi) is 4.77. The zero-order valence-electron chi connectivity index (χ0n) is 12.9. The summed E-state index contributed by atoms with van der Waals surface area (Å²) in [5, 5.41) is 13.0. The lowest BCUT2D eigenvalue weighted by Gasteiger charge is -2.10. The Labute approximate surface area is 143 Å². The van der Waals surface area contributed by atoms with Crippen LogP contribution in [0.1, 0.15) is 16.1 Å². The van der Waals surface area contributed by atoms with Crippen LogP contribution in [-0.2, 0) is 0 Å². The summed E-state index contributed by atoms with van der Waals surface area (Å²) in [6.07, 6.45) is 0. The molecule has 1 aromatic heterocycles. The fourth-order valence-electron chi connectivity index (χ4n) is 2.16. The molecule has 0 fully saturated rings. The number of aromatic nitrogens is 2. The van der Waals surface area contributed by atoms with Gasteiger partial charge in [0, 0.05) is 16.7 Å². The molecule has 2 aromatic carbocycles. The summed E-state index contributed by atoms with van der Waals surface area (Å²) in [4.78, 5) is 21.2. The molecule has 0 aliphatic heterocycles. The van der Waals surface area contributed by atoms with E-state index in [1.54, 1.807) is 30.3 Å². The third kappa shape index (κ3) is 3.91. The standard InChI is InChI=1S/C18H15N3O2S/c1-12-11-16(20-15-10-6-5-9-14(15)17(22)23)21-18(19-12)24-13-7-3-2-4-8-13/h2-11H,1H3,(H,22,23)(H,19,20,21). The number of hydrogen-bond donors (Lipinski definition) is 2. The van der Waals surface area contributed by atoms with Gasteiger partial charge in [-0.3, -0.25) is 0 Å². The van der Waals surface area contributed by atoms with Crippen molar-refractivity contribution in [2.75, 3.05) is 5.32 Å². The second-order valence-electron chi connectivity index (χ2n) is 5.07. The number of carboxylic acids is 1. The van der Waals surface area contributed by atoms with E-state index in [-0.39, 0.29) is 5.56 Å². The van der Waals surface area contributed by atoms with Crippen LogP contribution in [0.25, 0.3) is 0 Å². The molecule has 0 spiro atoms. The molecule has 0 saturated carbocycles. The van der Waals surface area contributed by atoms with Crippen molar-refractivity contribution in [3.63, 3.8) is 0 Å². The molecule has 0 aliphatic rings. The number of anilines is 2. The molecular formula is C18H15N3O2S. The van der Waals surface area contributed by atoms with Gasteiger partial charge in [0.2, 0.25) is 0 Å². The Balaban J connectivity index is 1.88. The number of para-hydroxylation sites is 1. The Morgan fingerprint density at radius 1 is 1.04 bits per heavy atom. The van der Waals surface area contributed by atoms with Crippen molar-refractivity contribution < 1.29 is 9.90 Å². The number of carboxylic acid groups (broad SMARTS) is 1. The van der Waals surface area contributed by atoms with Crippen molar-refractivity contribution in [3.8, 4) is 0 Å². The van der Waals surface area contributed by atoms with Gasteiger partial charge in [-0.15, -0.1) is 0 Å². The lowest BCUT2D eigenvalue weighted by molar-refractivity contribution is 0.0698. The predicted octanol–water partition coefficient (Wildman–Crippen LogP) is 4.38. The van der Waals surface area contributed by atoms with Crippen LogP contribution < -0.4 is 5.32 Å². The minimum absolute atomic E-state index is 0.200. The van der Waals surface area contributed by atoms with Gasteiger partial charge in [-0.05, 0) is 43.0 Å². The first-order chi connectivity index (χ1) is 11.6. The number of aryl methyl sites for hydroxylation is 1. The van der Waals surface area contributed by atoms with Gasteiger partial charge in [0.15, 0.2) is 5.16 Å². The maximum absolute atomic E-state index is 11.3. The number of hydrogen-bond acceptors (Lipinski definition) is 5. The average Bonchev–Trinajstić information content (AvgIpc) is 2.55. The largest absolute Gasteiger partial charge is 0.478 e. The first-order valence-corrected chi connectivity index (χ1v) is 8.11. The maximum Gasteiger partial charge on any atom is 0.337 e. The zero-order chi connectivity index (χ0) is 16.9. The highest BCUT2D eigenvalue weighted by Crippen LogP contribution is 2.27. The number of nitrogens with zero attached hydrogens (tertiary/aromatic N) is 2. The van der Waals surface area contributed by atoms with Gasteiger partial charge >= 0.3 is 5.97 Å². The summed E-state index contributed by atoms with van der Waals surface area (Å²) in [5.74, 6) is -0.419. The molecule has 3 rings (SSSR count). The number of rotatable bonds is 5. The van der Waals surface area contributed by atoms with Crippen LogP contribution in [0.15, 0.2) is 70.7 Å². The van der Waals surface area contributed by atoms with Crippen molar-refractivity contribution >= 4 is 29.2 Å². The van der Waals surface area contributed by atoms with Crippen molar-refractivity contribution in [2.45, 2.75) is 17.0 Å². The van der Waals surface area contributed by atoms with Gasteiger partial charge in [0.1, 0.15) is 5.82 Å². The molecule has 0 bridgehead atoms. The second-order valence-corrected chi connectivity index (χ2v) is 6.11. The third-order valence-corrected chi connectivity index (χ3v) is 4.08. The van der Waals surface area contributed by atoms with Gasteiger partial charge in [0.05, 0.1) is 11.3 Å². The van der Waals surface area contributed by atoms with Crippen LogP contribution in [0, 0.1) is 6.92 Å². The van der Waals surface area contributed by atoms with Crippen LogP contribution in [0.4, 0.5) is 11.5 Å². The van der Waals surface area contributed by atoms with E-state index >= 15 is 0 Å². The highest BCUT2D eigenvalue weighted by molar-refractivity contribution is 7.99. The lowest BCUT2D eigenvalue weighted by atomic mass is 10.2. The molecule has 0 atom stereocenters. The van der Waals surface area contributed by atoms with Crippen LogP contribution >= 0.6 is 11.8 Å². The Hall–Kier alpha value is -2.86. The Morgan fingerprint density at radius 2 is 1.75 bits per heavy atom. The average molecular weight is 337 g/mol. The molecule has 0 amide bonds. The molecular weight excluding hydrogens is 322 g/mol. The monoisotopic (exact) mass is 337 g/mol. The van der Waals surface area contributed by atoms with Crippen LogP contribution in [0.3, 0.4) is 0 Å². The van der Waals surface area contributed by atoms with Crippen LogP contribution in [-0.4, -0.2) is 21.0 Å². The molecule has 0 aliphatic carbocycles. The van der Waals surface area contributed by atoms with E-state index < -0.39 is 5.97 Å². The van der Waals surface area contributed by atoms with Gasteiger partial charge in [-0.2, -0.15) is 0 Å². The molecule has 0 radical (unpaired) electrons. The number of nitrogens with one attached hydrogen (secondary N) is 1. The lowest BCUT2D eigenvalue weighted by Crippen LogP contribution is -2.04. The second kappa shape index (κ2) is 7.14. The first-order valence-electron chi connectivity index (χ1n) is 7.30. The zero-order valence-corrected chi connectivity index (χ0v) is 13.7. The number of carbonyl (C=O) groups is 1. The first kappa shape index (κ1) is 16.0. The smallest absolute Gasteiger partial charge is 0.337 e. The van der Waals surface area contributed by atoms with E-state index in [4.69, 9.17) is 0 Å². The number of benzene rings is 2. The fourth-order valence-corrected chi connectivity index (χ4v) is 3.00. The highest BCUT2D eigenvalue weighted by atomic mass is 32.2. The van der Waals surface area contributed by atoms with Crippen molar-refractivity contribution in [1.82, 2.24) is 9.97 Å². The van der Waals surface area contributed by atoms with E-state index in [9.17, 15) is 9.90 Å². The van der Waals surface area contributed by atoms with E-state index in [0.717, 1.165) is 10.6 Å². The van der Waals surface area contributed by atoms with E-state index in [0.29, 0.717) is 16.7 Å². The Morgan fingerprint density at radius 3 is 2.50 bits per heavy atom. The summed E-state index contributed by atoms with van der Waals surface area (Å²) >= 11 is 1.46. The van der Waals surface area contributed by atoms with Crippen LogP contribution in [0.5, 0.6) is 0 Å². The quantitative estimate of drug-likeness (QED) is 0.673. The molecule has 6 heteroatoms. The van der Waals surface area contributed by atoms with Gasteiger partial charge in [-0.25, -0.2) is 14.8 Å². The normalized spacial score (nSPS) is 10.4. The summed E-state index contributed by atoms with van der Waals surface area (Å²) in [5.41, 5.74) is 1.50. The molecule has 1 heterocycles. The molecule has 2 N–H and O–H groups in total. The summed E-state index contributed by atoms with van der Waals surface area (Å²) < 4.78 is 0. The molecule has 5 nitrogen and oxygen atoms in total. The minimum Gasteiger partial charge on any atom is -0.478 e. The maximum atomic E-state index is 11.3. The molecule has 0 saturated heterocycles. The van der Waals surface area contributed by atoms with Gasteiger partial charge < -0.3 is 10.4 Å². The topological polar surface area (TPSA) is 75.1 Å². The Bertz CT molecular complexity index is 869. The molecule has 24 heavy (non-hydrogen) atoms. The van der Waals surface area contributed by atoms with Crippen LogP contribution in [0.2, 0.25) is 0 Å². The van der Waals surface area contributed by atoms with Crippen molar-refractivity contribution in [1.29, 1.82) is 0 Å². The van der Waals surface area contributed by atoms with Crippen molar-refractivity contribution in [3.05, 3.63) is 71.9 Å². The van der Waals surface area contributed by atoms with E-state index in [1.807, 2.05) is 37.3 Å². The van der Waals surface area contributed by atoms with E-state index in [2.05, 4.69) is 15.3 Å². The highest BCUT2D eigenvalue weighted by Gasteiger charge is 2.11. The molecule has 3 aromatic rings. The van der Waals surface area contributed by atoms with Gasteiger partial charge in [0.25, 0.3) is 0 Å². The minimum atomic E-state index is -0.984. The SMILES string of the molecule is Cc1cc(Nc2ccccc2C(=O)O)nc(Sc2ccccc2)n1. The van der Waals surface area contributed by atoms with Crippen molar-refractivity contribution in [2.24, 2.45) is 0 Å². The summed E-state index contributed by atoms with van der Waals surface area (Å²) in [7, 11) is 0. The van der Waals surface area contributed by atoms with E-state index in [1.165, 1.54) is 11.8 Å². The number of aromatic carboxylic acids is 1. The fraction of sp³-hybridized carbons (Fsp3) is 0.0556. The molecule has 0 unspecified atom stereocenters.